The monoisotopic (exact) mass is 447 g/mol. The Bertz CT molecular complexity index is 1100. The molecule has 1 aliphatic heterocycles. The number of nitrogens with zero attached hydrogens (tertiary/aromatic N) is 1. The van der Waals surface area contributed by atoms with Crippen LogP contribution in [0.3, 0.4) is 0 Å². The highest BCUT2D eigenvalue weighted by atomic mass is 32.2. The number of sulfonamides is 1. The van der Waals surface area contributed by atoms with E-state index in [1.807, 2.05) is 26.8 Å². The molecule has 0 aliphatic carbocycles. The molecule has 1 aliphatic rings. The summed E-state index contributed by atoms with van der Waals surface area (Å²) in [6.45, 7) is 5.56. The van der Waals surface area contributed by atoms with Crippen molar-refractivity contribution < 1.29 is 27.1 Å². The number of esters is 1. The van der Waals surface area contributed by atoms with Gasteiger partial charge in [-0.1, -0.05) is 6.07 Å². The maximum Gasteiger partial charge on any atom is 0.310 e. The zero-order valence-corrected chi connectivity index (χ0v) is 18.7. The molecule has 8 heteroatoms. The van der Waals surface area contributed by atoms with Gasteiger partial charge in [-0.3, -0.25) is 9.59 Å². The van der Waals surface area contributed by atoms with Crippen molar-refractivity contribution in [2.75, 3.05) is 19.7 Å². The smallest absolute Gasteiger partial charge is 0.310 e. The van der Waals surface area contributed by atoms with Crippen molar-refractivity contribution >= 4 is 21.8 Å². The van der Waals surface area contributed by atoms with Crippen LogP contribution in [0.5, 0.6) is 0 Å². The highest BCUT2D eigenvalue weighted by molar-refractivity contribution is 7.89. The van der Waals surface area contributed by atoms with E-state index >= 15 is 0 Å². The molecule has 1 atom stereocenters. The first-order chi connectivity index (χ1) is 14.6. The fourth-order valence-corrected chi connectivity index (χ4v) is 5.23. The van der Waals surface area contributed by atoms with Gasteiger partial charge >= 0.3 is 5.97 Å². The first kappa shape index (κ1) is 23.1. The second kappa shape index (κ2) is 9.28. The molecule has 6 nitrogen and oxygen atoms in total. The summed E-state index contributed by atoms with van der Waals surface area (Å²) >= 11 is 0. The molecule has 1 unspecified atom stereocenters. The second-order valence-corrected chi connectivity index (χ2v) is 9.88. The topological polar surface area (TPSA) is 80.8 Å². The molecule has 0 saturated carbocycles. The van der Waals surface area contributed by atoms with Crippen molar-refractivity contribution in [3.05, 3.63) is 64.5 Å². The van der Waals surface area contributed by atoms with Crippen LogP contribution in [0.15, 0.2) is 41.3 Å². The summed E-state index contributed by atoms with van der Waals surface area (Å²) in [5.74, 6) is -2.06. The Morgan fingerprint density at radius 1 is 1.06 bits per heavy atom. The van der Waals surface area contributed by atoms with E-state index in [2.05, 4.69) is 0 Å². The van der Waals surface area contributed by atoms with E-state index in [1.54, 1.807) is 6.07 Å². The predicted molar refractivity (Wildman–Crippen MR) is 114 cm³/mol. The quantitative estimate of drug-likeness (QED) is 0.500. The maximum atomic E-state index is 13.1. The highest BCUT2D eigenvalue weighted by Gasteiger charge is 2.34. The molecule has 2 aromatic carbocycles. The van der Waals surface area contributed by atoms with Crippen LogP contribution >= 0.6 is 0 Å². The molecule has 0 bridgehead atoms. The lowest BCUT2D eigenvalue weighted by molar-refractivity contribution is -0.148. The van der Waals surface area contributed by atoms with Gasteiger partial charge in [0.2, 0.25) is 15.8 Å². The largest absolute Gasteiger partial charge is 0.457 e. The fourth-order valence-electron chi connectivity index (χ4n) is 3.70. The summed E-state index contributed by atoms with van der Waals surface area (Å²) in [7, 11) is -3.84. The molecule has 1 fully saturated rings. The minimum absolute atomic E-state index is 0.0247. The number of ether oxygens (including phenoxy) is 1. The molecule has 0 amide bonds. The van der Waals surface area contributed by atoms with E-state index in [0.717, 1.165) is 28.8 Å². The van der Waals surface area contributed by atoms with E-state index < -0.39 is 27.7 Å². The fraction of sp³-hybridized carbons (Fsp3) is 0.391. The summed E-state index contributed by atoms with van der Waals surface area (Å²) in [5.41, 5.74) is 3.39. The van der Waals surface area contributed by atoms with Gasteiger partial charge in [0.25, 0.3) is 0 Å². The summed E-state index contributed by atoms with van der Waals surface area (Å²) in [5, 5.41) is 0. The Labute approximate surface area is 182 Å². The Kier molecular flexibility index (Phi) is 6.91. The van der Waals surface area contributed by atoms with Gasteiger partial charge in [-0.2, -0.15) is 4.31 Å². The standard InChI is InChI=1S/C23H26FNO5S/c1-15-11-17(3)21(12-16(15)2)22(26)14-30-23(27)18-5-4-10-25(13-18)31(28,29)20-8-6-19(24)7-9-20/h6-9,11-12,18H,4-5,10,13-14H2,1-3H3. The molecule has 1 heterocycles. The van der Waals surface area contributed by atoms with E-state index in [9.17, 15) is 22.4 Å². The number of ketones is 1. The third kappa shape index (κ3) is 5.19. The van der Waals surface area contributed by atoms with Crippen molar-refractivity contribution in [1.82, 2.24) is 4.31 Å². The first-order valence-corrected chi connectivity index (χ1v) is 11.6. The van der Waals surface area contributed by atoms with Gasteiger partial charge in [0.15, 0.2) is 6.61 Å². The third-order valence-electron chi connectivity index (χ3n) is 5.66. The first-order valence-electron chi connectivity index (χ1n) is 10.1. The van der Waals surface area contributed by atoms with Gasteiger partial charge in [0, 0.05) is 18.7 Å². The van der Waals surface area contributed by atoms with Gasteiger partial charge < -0.3 is 4.74 Å². The molecule has 2 aromatic rings. The Morgan fingerprint density at radius 3 is 2.39 bits per heavy atom. The zero-order valence-electron chi connectivity index (χ0n) is 17.9. The van der Waals surface area contributed by atoms with E-state index in [1.165, 1.54) is 16.4 Å². The second-order valence-electron chi connectivity index (χ2n) is 7.94. The van der Waals surface area contributed by atoms with Crippen LogP contribution < -0.4 is 0 Å². The van der Waals surface area contributed by atoms with Crippen molar-refractivity contribution in [3.8, 4) is 0 Å². The number of piperidine rings is 1. The number of hydrogen-bond donors (Lipinski definition) is 0. The summed E-state index contributed by atoms with van der Waals surface area (Å²) in [6, 6.07) is 8.29. The number of carbonyl (C=O) groups excluding carboxylic acids is 2. The molecule has 3 rings (SSSR count). The van der Waals surface area contributed by atoms with Gasteiger partial charge in [-0.25, -0.2) is 12.8 Å². The third-order valence-corrected chi connectivity index (χ3v) is 7.53. The Morgan fingerprint density at radius 2 is 1.71 bits per heavy atom. The summed E-state index contributed by atoms with van der Waals surface area (Å²) in [6.07, 6.45) is 0.968. The average molecular weight is 448 g/mol. The summed E-state index contributed by atoms with van der Waals surface area (Å²) in [4.78, 5) is 25.1. The van der Waals surface area contributed by atoms with Crippen LogP contribution in [0, 0.1) is 32.5 Å². The minimum Gasteiger partial charge on any atom is -0.457 e. The number of carbonyl (C=O) groups is 2. The molecule has 0 N–H and O–H groups in total. The van der Waals surface area contributed by atoms with Crippen LogP contribution in [0.1, 0.15) is 39.9 Å². The molecular weight excluding hydrogens is 421 g/mol. The van der Waals surface area contributed by atoms with Gasteiger partial charge in [0.05, 0.1) is 10.8 Å². The number of aryl methyl sites for hydroxylation is 3. The number of benzene rings is 2. The van der Waals surface area contributed by atoms with Gasteiger partial charge in [0.1, 0.15) is 5.82 Å². The zero-order chi connectivity index (χ0) is 22.8. The maximum absolute atomic E-state index is 13.1. The SMILES string of the molecule is Cc1cc(C)c(C(=O)COC(=O)C2CCCN(S(=O)(=O)c3ccc(F)cc3)C2)cc1C. The predicted octanol–water partition coefficient (Wildman–Crippen LogP) is 3.58. The molecule has 1 saturated heterocycles. The molecule has 0 spiro atoms. The van der Waals surface area contributed by atoms with E-state index in [4.69, 9.17) is 4.74 Å². The summed E-state index contributed by atoms with van der Waals surface area (Å²) < 4.78 is 45.2. The Hall–Kier alpha value is -2.58. The van der Waals surface area contributed by atoms with Crippen LogP contribution in [0.25, 0.3) is 0 Å². The minimum atomic E-state index is -3.84. The van der Waals surface area contributed by atoms with Crippen LogP contribution in [0.4, 0.5) is 4.39 Å². The number of hydrogen-bond acceptors (Lipinski definition) is 5. The number of halogens is 1. The van der Waals surface area contributed by atoms with E-state index in [0.29, 0.717) is 18.4 Å². The van der Waals surface area contributed by atoms with Crippen LogP contribution in [-0.2, 0) is 19.6 Å². The average Bonchev–Trinajstić information content (AvgIpc) is 2.74. The molecule has 0 aromatic heterocycles. The van der Waals surface area contributed by atoms with Gasteiger partial charge in [-0.15, -0.1) is 0 Å². The van der Waals surface area contributed by atoms with Crippen molar-refractivity contribution in [2.24, 2.45) is 5.92 Å². The lowest BCUT2D eigenvalue weighted by atomic mass is 9.98. The highest BCUT2D eigenvalue weighted by Crippen LogP contribution is 2.25. The van der Waals surface area contributed by atoms with Crippen molar-refractivity contribution in [2.45, 2.75) is 38.5 Å². The molecule has 0 radical (unpaired) electrons. The lowest BCUT2D eigenvalue weighted by Crippen LogP contribution is -2.43. The molecule has 31 heavy (non-hydrogen) atoms. The lowest BCUT2D eigenvalue weighted by Gasteiger charge is -2.30. The molecular formula is C23H26FNO5S. The Balaban J connectivity index is 1.64. The molecule has 166 valence electrons. The van der Waals surface area contributed by atoms with Crippen molar-refractivity contribution in [3.63, 3.8) is 0 Å². The van der Waals surface area contributed by atoms with Crippen LogP contribution in [0.2, 0.25) is 0 Å². The van der Waals surface area contributed by atoms with Crippen molar-refractivity contribution in [1.29, 1.82) is 0 Å². The van der Waals surface area contributed by atoms with Gasteiger partial charge in [-0.05, 0) is 80.6 Å². The normalized spacial score (nSPS) is 17.4. The van der Waals surface area contributed by atoms with Crippen LogP contribution in [-0.4, -0.2) is 44.2 Å². The number of Topliss-reactive ketones (excluding diaryl/α,β-unsaturated/α-hetero) is 1. The van der Waals surface area contributed by atoms with E-state index in [-0.39, 0.29) is 30.4 Å². The number of rotatable bonds is 6.